The first kappa shape index (κ1) is 26.1. The van der Waals surface area contributed by atoms with Crippen LogP contribution in [0.3, 0.4) is 0 Å². The van der Waals surface area contributed by atoms with E-state index in [4.69, 9.17) is 4.74 Å². The molecule has 0 bridgehead atoms. The van der Waals surface area contributed by atoms with E-state index in [1.54, 1.807) is 30.5 Å². The van der Waals surface area contributed by atoms with Crippen LogP contribution in [0.1, 0.15) is 33.0 Å². The number of hydrogen-bond donors (Lipinski definition) is 2. The van der Waals surface area contributed by atoms with E-state index < -0.39 is 10.0 Å². The zero-order valence-electron chi connectivity index (χ0n) is 19.8. The molecule has 0 fully saturated rings. The van der Waals surface area contributed by atoms with Crippen molar-refractivity contribution in [3.8, 4) is 11.4 Å². The second-order valence-corrected chi connectivity index (χ2v) is 10.4. The standard InChI is InChI=1S/C23H32N6O3S2/c1-4-14-29-21(16-25-22(29)17-33-6-3)20-11-12-24-23(28-20)27-18-7-9-19(10-8-18)34(30,31)26-13-15-32-5-2/h7-12,16,26H,4-6,13-15,17H2,1-3H3,(H,24,27,28). The highest BCUT2D eigenvalue weighted by atomic mass is 32.2. The minimum absolute atomic E-state index is 0.185. The topological polar surface area (TPSA) is 111 Å². The second kappa shape index (κ2) is 12.8. The van der Waals surface area contributed by atoms with Gasteiger partial charge in [-0.3, -0.25) is 0 Å². The Labute approximate surface area is 205 Å². The molecule has 184 valence electrons. The lowest BCUT2D eigenvalue weighted by atomic mass is 10.3. The molecule has 0 spiro atoms. The van der Waals surface area contributed by atoms with Gasteiger partial charge in [-0.2, -0.15) is 11.8 Å². The molecular weight excluding hydrogens is 472 g/mol. The number of thioether (sulfide) groups is 1. The van der Waals surface area contributed by atoms with Crippen LogP contribution in [0.25, 0.3) is 11.4 Å². The van der Waals surface area contributed by atoms with Gasteiger partial charge < -0.3 is 14.6 Å². The van der Waals surface area contributed by atoms with Crippen molar-refractivity contribution in [2.75, 3.05) is 30.8 Å². The van der Waals surface area contributed by atoms with Crippen molar-refractivity contribution in [3.05, 3.63) is 48.5 Å². The van der Waals surface area contributed by atoms with Crippen LogP contribution in [-0.2, 0) is 27.1 Å². The minimum atomic E-state index is -3.59. The number of hydrogen-bond acceptors (Lipinski definition) is 8. The third kappa shape index (κ3) is 7.02. The van der Waals surface area contributed by atoms with Gasteiger partial charge in [0.25, 0.3) is 0 Å². The molecule has 1 aromatic carbocycles. The third-order valence-corrected chi connectivity index (χ3v) is 7.25. The Bertz CT molecular complexity index is 1150. The first-order valence-electron chi connectivity index (χ1n) is 11.4. The third-order valence-electron chi connectivity index (χ3n) is 4.90. The van der Waals surface area contributed by atoms with Gasteiger partial charge in [-0.1, -0.05) is 13.8 Å². The Kier molecular flexibility index (Phi) is 9.87. The predicted molar refractivity (Wildman–Crippen MR) is 137 cm³/mol. The van der Waals surface area contributed by atoms with E-state index in [0.29, 0.717) is 24.8 Å². The summed E-state index contributed by atoms with van der Waals surface area (Å²) in [5.41, 5.74) is 2.43. The summed E-state index contributed by atoms with van der Waals surface area (Å²) in [4.78, 5) is 13.8. The summed E-state index contributed by atoms with van der Waals surface area (Å²) in [5.74, 6) is 3.38. The number of rotatable bonds is 14. The molecule has 9 nitrogen and oxygen atoms in total. The molecule has 0 unspecified atom stereocenters. The number of aromatic nitrogens is 4. The molecule has 0 radical (unpaired) electrons. The lowest BCUT2D eigenvalue weighted by Crippen LogP contribution is -2.27. The Morgan fingerprint density at radius 1 is 1.09 bits per heavy atom. The van der Waals surface area contributed by atoms with Crippen LogP contribution >= 0.6 is 11.8 Å². The minimum Gasteiger partial charge on any atom is -0.380 e. The summed E-state index contributed by atoms with van der Waals surface area (Å²) < 4.78 is 34.7. The van der Waals surface area contributed by atoms with Crippen LogP contribution in [-0.4, -0.2) is 53.4 Å². The van der Waals surface area contributed by atoms with Crippen LogP contribution < -0.4 is 10.0 Å². The second-order valence-electron chi connectivity index (χ2n) is 7.36. The lowest BCUT2D eigenvalue weighted by Gasteiger charge is -2.12. The highest BCUT2D eigenvalue weighted by molar-refractivity contribution is 7.98. The van der Waals surface area contributed by atoms with Gasteiger partial charge in [-0.25, -0.2) is 28.1 Å². The lowest BCUT2D eigenvalue weighted by molar-refractivity contribution is 0.153. The number of nitrogens with one attached hydrogen (secondary N) is 2. The molecule has 2 heterocycles. The fraction of sp³-hybridized carbons (Fsp3) is 0.435. The summed E-state index contributed by atoms with van der Waals surface area (Å²) in [7, 11) is -3.59. The number of ether oxygens (including phenoxy) is 1. The fourth-order valence-corrected chi connectivity index (χ4v) is 4.91. The van der Waals surface area contributed by atoms with Crippen LogP contribution in [0.2, 0.25) is 0 Å². The zero-order valence-corrected chi connectivity index (χ0v) is 21.5. The van der Waals surface area contributed by atoms with Gasteiger partial charge in [-0.15, -0.1) is 0 Å². The summed E-state index contributed by atoms with van der Waals surface area (Å²) in [6, 6.07) is 8.34. The van der Waals surface area contributed by atoms with Gasteiger partial charge in [0.2, 0.25) is 16.0 Å². The maximum atomic E-state index is 12.4. The van der Waals surface area contributed by atoms with Gasteiger partial charge in [0, 0.05) is 31.6 Å². The molecule has 0 atom stereocenters. The Hall–Kier alpha value is -2.47. The van der Waals surface area contributed by atoms with Crippen LogP contribution in [0.5, 0.6) is 0 Å². The van der Waals surface area contributed by atoms with Gasteiger partial charge in [0.1, 0.15) is 5.82 Å². The molecule has 2 N–H and O–H groups in total. The van der Waals surface area contributed by atoms with Gasteiger partial charge in [0.15, 0.2) is 0 Å². The quantitative estimate of drug-likeness (QED) is 0.316. The van der Waals surface area contributed by atoms with Crippen molar-refractivity contribution in [2.24, 2.45) is 0 Å². The van der Waals surface area contributed by atoms with Gasteiger partial charge in [-0.05, 0) is 49.4 Å². The first-order valence-corrected chi connectivity index (χ1v) is 14.0. The summed E-state index contributed by atoms with van der Waals surface area (Å²) in [6.45, 7) is 8.13. The molecule has 11 heteroatoms. The maximum absolute atomic E-state index is 12.4. The molecular formula is C23H32N6O3S2. The summed E-state index contributed by atoms with van der Waals surface area (Å²) in [5, 5.41) is 3.15. The van der Waals surface area contributed by atoms with Crippen LogP contribution in [0.15, 0.2) is 47.6 Å². The molecule has 2 aromatic heterocycles. The first-order chi connectivity index (χ1) is 16.5. The number of nitrogens with zero attached hydrogens (tertiary/aromatic N) is 4. The number of sulfonamides is 1. The summed E-state index contributed by atoms with van der Waals surface area (Å²) in [6.07, 6.45) is 4.57. The normalized spacial score (nSPS) is 11.6. The van der Waals surface area contributed by atoms with Crippen LogP contribution in [0.4, 0.5) is 11.6 Å². The maximum Gasteiger partial charge on any atom is 0.240 e. The van der Waals surface area contributed by atoms with Crippen molar-refractivity contribution in [1.29, 1.82) is 0 Å². The van der Waals surface area contributed by atoms with E-state index in [2.05, 4.69) is 43.4 Å². The smallest absolute Gasteiger partial charge is 0.240 e. The Morgan fingerprint density at radius 3 is 2.59 bits per heavy atom. The predicted octanol–water partition coefficient (Wildman–Crippen LogP) is 4.06. The molecule has 3 aromatic rings. The monoisotopic (exact) mass is 504 g/mol. The highest BCUT2D eigenvalue weighted by Gasteiger charge is 2.15. The zero-order chi connectivity index (χ0) is 24.4. The van der Waals surface area contributed by atoms with Gasteiger partial charge in [0.05, 0.1) is 34.8 Å². The molecule has 34 heavy (non-hydrogen) atoms. The fourth-order valence-electron chi connectivity index (χ4n) is 3.28. The van der Waals surface area contributed by atoms with Gasteiger partial charge >= 0.3 is 0 Å². The van der Waals surface area contributed by atoms with Crippen molar-refractivity contribution in [2.45, 2.75) is 44.4 Å². The molecule has 3 rings (SSSR count). The molecule has 0 aliphatic carbocycles. The average Bonchev–Trinajstić information content (AvgIpc) is 3.24. The van der Waals surface area contributed by atoms with Crippen molar-refractivity contribution in [3.63, 3.8) is 0 Å². The van der Waals surface area contributed by atoms with E-state index in [1.807, 2.05) is 30.9 Å². The summed E-state index contributed by atoms with van der Waals surface area (Å²) >= 11 is 1.84. The van der Waals surface area contributed by atoms with E-state index in [0.717, 1.165) is 41.7 Å². The molecule has 0 aliphatic rings. The highest BCUT2D eigenvalue weighted by Crippen LogP contribution is 2.24. The van der Waals surface area contributed by atoms with Crippen molar-refractivity contribution in [1.82, 2.24) is 24.2 Å². The van der Waals surface area contributed by atoms with Crippen molar-refractivity contribution >= 4 is 33.4 Å². The Balaban J connectivity index is 1.73. The number of anilines is 2. The molecule has 0 saturated heterocycles. The number of benzene rings is 1. The van der Waals surface area contributed by atoms with E-state index in [-0.39, 0.29) is 11.4 Å². The van der Waals surface area contributed by atoms with E-state index in [1.165, 1.54) is 0 Å². The average molecular weight is 505 g/mol. The van der Waals surface area contributed by atoms with E-state index >= 15 is 0 Å². The van der Waals surface area contributed by atoms with Crippen LogP contribution in [0, 0.1) is 0 Å². The number of imidazole rings is 1. The Morgan fingerprint density at radius 2 is 1.88 bits per heavy atom. The SMILES string of the molecule is CCCn1c(-c2ccnc(Nc3ccc(S(=O)(=O)NCCOCC)cc3)n2)cnc1CSCC. The molecule has 0 aliphatic heterocycles. The molecule has 0 saturated carbocycles. The molecule has 0 amide bonds. The van der Waals surface area contributed by atoms with E-state index in [9.17, 15) is 8.42 Å². The van der Waals surface area contributed by atoms with Crippen molar-refractivity contribution < 1.29 is 13.2 Å². The largest absolute Gasteiger partial charge is 0.380 e.